The molecule has 1 saturated carbocycles. The molecule has 0 aromatic heterocycles. The number of hydrogen-bond donors (Lipinski definition) is 1. The summed E-state index contributed by atoms with van der Waals surface area (Å²) in [5.41, 5.74) is 1.53. The second-order valence-electron chi connectivity index (χ2n) is 5.46. The van der Waals surface area contributed by atoms with Crippen LogP contribution in [0.25, 0.3) is 10.8 Å². The van der Waals surface area contributed by atoms with Gasteiger partial charge in [-0.3, -0.25) is 0 Å². The van der Waals surface area contributed by atoms with Gasteiger partial charge in [-0.15, -0.1) is 0 Å². The van der Waals surface area contributed by atoms with E-state index in [1.54, 1.807) is 6.07 Å². The highest BCUT2D eigenvalue weighted by Gasteiger charge is 2.25. The Kier molecular flexibility index (Phi) is 3.35. The summed E-state index contributed by atoms with van der Waals surface area (Å²) in [5.74, 6) is -0.0501. The van der Waals surface area contributed by atoms with Crippen LogP contribution in [0.1, 0.15) is 30.1 Å². The smallest absolute Gasteiger partial charge is 0.336 e. The van der Waals surface area contributed by atoms with E-state index in [1.165, 1.54) is 12.8 Å². The third-order valence-electron chi connectivity index (χ3n) is 4.03. The minimum Gasteiger partial charge on any atom is -0.478 e. The first kappa shape index (κ1) is 13.0. The van der Waals surface area contributed by atoms with Crippen molar-refractivity contribution >= 4 is 22.4 Å². The van der Waals surface area contributed by atoms with Crippen LogP contribution >= 0.6 is 0 Å². The maximum Gasteiger partial charge on any atom is 0.336 e. The van der Waals surface area contributed by atoms with Crippen molar-refractivity contribution in [2.75, 3.05) is 18.0 Å². The van der Waals surface area contributed by atoms with Gasteiger partial charge in [0.15, 0.2) is 0 Å². The number of nitrogens with zero attached hydrogens (tertiary/aromatic N) is 1. The molecule has 2 aromatic rings. The molecule has 20 heavy (non-hydrogen) atoms. The standard InChI is InChI=1S/C17H19NO2/c1-2-18(11-12-7-8-12)16-10-9-15(17(19)20)13-5-3-4-6-14(13)16/h3-6,9-10,12H,2,7-8,11H2,1H3,(H,19,20). The van der Waals surface area contributed by atoms with Gasteiger partial charge in [-0.25, -0.2) is 4.79 Å². The summed E-state index contributed by atoms with van der Waals surface area (Å²) in [5, 5.41) is 11.2. The van der Waals surface area contributed by atoms with E-state index in [1.807, 2.05) is 30.3 Å². The molecule has 0 unspecified atom stereocenters. The van der Waals surface area contributed by atoms with E-state index < -0.39 is 5.97 Å². The number of carboxylic acids is 1. The van der Waals surface area contributed by atoms with Gasteiger partial charge in [-0.05, 0) is 43.2 Å². The summed E-state index contributed by atoms with van der Waals surface area (Å²) < 4.78 is 0. The molecule has 0 spiro atoms. The molecule has 0 atom stereocenters. The third-order valence-corrected chi connectivity index (χ3v) is 4.03. The van der Waals surface area contributed by atoms with Gasteiger partial charge in [-0.1, -0.05) is 24.3 Å². The number of hydrogen-bond acceptors (Lipinski definition) is 2. The lowest BCUT2D eigenvalue weighted by Gasteiger charge is -2.25. The Labute approximate surface area is 118 Å². The molecule has 0 radical (unpaired) electrons. The van der Waals surface area contributed by atoms with Gasteiger partial charge in [0.25, 0.3) is 0 Å². The van der Waals surface area contributed by atoms with Crippen LogP contribution in [0.3, 0.4) is 0 Å². The fourth-order valence-corrected chi connectivity index (χ4v) is 2.76. The van der Waals surface area contributed by atoms with Crippen LogP contribution in [0.15, 0.2) is 36.4 Å². The molecule has 0 heterocycles. The van der Waals surface area contributed by atoms with Gasteiger partial charge in [0.05, 0.1) is 5.56 Å². The molecule has 0 saturated heterocycles. The fraction of sp³-hybridized carbons (Fsp3) is 0.353. The van der Waals surface area contributed by atoms with Gasteiger partial charge in [-0.2, -0.15) is 0 Å². The normalized spacial score (nSPS) is 14.4. The summed E-state index contributed by atoms with van der Waals surface area (Å²) in [6.07, 6.45) is 2.64. The molecule has 3 heteroatoms. The highest BCUT2D eigenvalue weighted by molar-refractivity contribution is 6.07. The zero-order valence-corrected chi connectivity index (χ0v) is 11.7. The second-order valence-corrected chi connectivity index (χ2v) is 5.46. The number of carbonyl (C=O) groups is 1. The summed E-state index contributed by atoms with van der Waals surface area (Å²) in [6, 6.07) is 11.5. The Balaban J connectivity index is 2.10. The first-order chi connectivity index (χ1) is 9.70. The molecule has 2 aromatic carbocycles. The van der Waals surface area contributed by atoms with Crippen molar-refractivity contribution in [3.8, 4) is 0 Å². The van der Waals surface area contributed by atoms with E-state index in [2.05, 4.69) is 11.8 Å². The van der Waals surface area contributed by atoms with Gasteiger partial charge < -0.3 is 10.0 Å². The topological polar surface area (TPSA) is 40.5 Å². The lowest BCUT2D eigenvalue weighted by Crippen LogP contribution is -2.25. The van der Waals surface area contributed by atoms with Crippen LogP contribution in [-0.2, 0) is 0 Å². The molecular formula is C17H19NO2. The fourth-order valence-electron chi connectivity index (χ4n) is 2.76. The van der Waals surface area contributed by atoms with Crippen molar-refractivity contribution in [1.82, 2.24) is 0 Å². The maximum atomic E-state index is 11.3. The first-order valence-corrected chi connectivity index (χ1v) is 7.20. The van der Waals surface area contributed by atoms with Crippen LogP contribution in [0.4, 0.5) is 5.69 Å². The average molecular weight is 269 g/mol. The number of benzene rings is 2. The Morgan fingerprint density at radius 3 is 2.50 bits per heavy atom. The Morgan fingerprint density at radius 2 is 1.90 bits per heavy atom. The SMILES string of the molecule is CCN(CC1CC1)c1ccc(C(=O)O)c2ccccc12. The summed E-state index contributed by atoms with van der Waals surface area (Å²) in [6.45, 7) is 4.18. The van der Waals surface area contributed by atoms with E-state index in [0.29, 0.717) is 5.56 Å². The molecule has 0 amide bonds. The first-order valence-electron chi connectivity index (χ1n) is 7.20. The molecule has 1 fully saturated rings. The predicted molar refractivity (Wildman–Crippen MR) is 81.5 cm³/mol. The molecule has 0 aliphatic heterocycles. The van der Waals surface area contributed by atoms with E-state index >= 15 is 0 Å². The van der Waals surface area contributed by atoms with Crippen LogP contribution in [0, 0.1) is 5.92 Å². The molecule has 104 valence electrons. The Bertz CT molecular complexity index is 646. The van der Waals surface area contributed by atoms with E-state index in [4.69, 9.17) is 0 Å². The van der Waals surface area contributed by atoms with E-state index in [-0.39, 0.29) is 0 Å². The number of anilines is 1. The quantitative estimate of drug-likeness (QED) is 0.898. The van der Waals surface area contributed by atoms with Gasteiger partial charge in [0, 0.05) is 24.2 Å². The van der Waals surface area contributed by atoms with Crippen molar-refractivity contribution in [2.45, 2.75) is 19.8 Å². The zero-order valence-electron chi connectivity index (χ0n) is 11.7. The van der Waals surface area contributed by atoms with E-state index in [0.717, 1.165) is 35.5 Å². The zero-order chi connectivity index (χ0) is 14.1. The highest BCUT2D eigenvalue weighted by Crippen LogP contribution is 2.34. The number of fused-ring (bicyclic) bond motifs is 1. The maximum absolute atomic E-state index is 11.3. The molecule has 3 nitrogen and oxygen atoms in total. The Hall–Kier alpha value is -2.03. The molecule has 3 rings (SSSR count). The van der Waals surface area contributed by atoms with Crippen LogP contribution in [0.5, 0.6) is 0 Å². The predicted octanol–water partition coefficient (Wildman–Crippen LogP) is 3.77. The van der Waals surface area contributed by atoms with E-state index in [9.17, 15) is 9.90 Å². The van der Waals surface area contributed by atoms with Gasteiger partial charge in [0.2, 0.25) is 0 Å². The monoisotopic (exact) mass is 269 g/mol. The summed E-state index contributed by atoms with van der Waals surface area (Å²) >= 11 is 0. The highest BCUT2D eigenvalue weighted by atomic mass is 16.4. The van der Waals surface area contributed by atoms with Crippen LogP contribution in [-0.4, -0.2) is 24.2 Å². The number of rotatable bonds is 5. The van der Waals surface area contributed by atoms with Crippen molar-refractivity contribution < 1.29 is 9.90 Å². The molecule has 0 bridgehead atoms. The third kappa shape index (κ3) is 2.36. The van der Waals surface area contributed by atoms with Crippen LogP contribution < -0.4 is 4.90 Å². The van der Waals surface area contributed by atoms with Crippen molar-refractivity contribution in [2.24, 2.45) is 5.92 Å². The Morgan fingerprint density at radius 1 is 1.20 bits per heavy atom. The second kappa shape index (κ2) is 5.16. The lowest BCUT2D eigenvalue weighted by atomic mass is 10.0. The summed E-state index contributed by atoms with van der Waals surface area (Å²) in [7, 11) is 0. The van der Waals surface area contributed by atoms with Crippen molar-refractivity contribution in [1.29, 1.82) is 0 Å². The molecule has 1 N–H and O–H groups in total. The van der Waals surface area contributed by atoms with Crippen molar-refractivity contribution in [3.63, 3.8) is 0 Å². The number of carboxylic acid groups (broad SMARTS) is 1. The molecule has 1 aliphatic rings. The van der Waals surface area contributed by atoms with Gasteiger partial charge in [0.1, 0.15) is 0 Å². The number of aromatic carboxylic acids is 1. The largest absolute Gasteiger partial charge is 0.478 e. The minimum absolute atomic E-state index is 0.381. The molecular weight excluding hydrogens is 250 g/mol. The average Bonchev–Trinajstić information content (AvgIpc) is 3.27. The minimum atomic E-state index is -0.863. The van der Waals surface area contributed by atoms with Crippen molar-refractivity contribution in [3.05, 3.63) is 42.0 Å². The van der Waals surface area contributed by atoms with Gasteiger partial charge >= 0.3 is 5.97 Å². The summed E-state index contributed by atoms with van der Waals surface area (Å²) in [4.78, 5) is 13.7. The lowest BCUT2D eigenvalue weighted by molar-refractivity contribution is 0.0699. The molecule has 1 aliphatic carbocycles. The van der Waals surface area contributed by atoms with Crippen LogP contribution in [0.2, 0.25) is 0 Å².